The van der Waals surface area contributed by atoms with E-state index in [1.54, 1.807) is 7.11 Å². The molecule has 1 saturated heterocycles. The Labute approximate surface area is 147 Å². The summed E-state index contributed by atoms with van der Waals surface area (Å²) in [6, 6.07) is 11.7. The quantitative estimate of drug-likeness (QED) is 0.881. The Hall–Kier alpha value is -2.76. The van der Waals surface area contributed by atoms with Crippen molar-refractivity contribution in [3.05, 3.63) is 42.1 Å². The number of rotatable bonds is 2. The van der Waals surface area contributed by atoms with Gasteiger partial charge in [0, 0.05) is 18.8 Å². The summed E-state index contributed by atoms with van der Waals surface area (Å²) in [5, 5.41) is 6.53. The highest BCUT2D eigenvalue weighted by molar-refractivity contribution is 6.06. The number of anilines is 3. The Kier molecular flexibility index (Phi) is 3.75. The van der Waals surface area contributed by atoms with Crippen LogP contribution in [-0.2, 0) is 4.79 Å². The van der Waals surface area contributed by atoms with Crippen LogP contribution in [0.25, 0.3) is 0 Å². The van der Waals surface area contributed by atoms with Crippen molar-refractivity contribution < 1.29 is 9.53 Å². The zero-order valence-electron chi connectivity index (χ0n) is 14.5. The van der Waals surface area contributed by atoms with Gasteiger partial charge < -0.3 is 20.3 Å². The average molecular weight is 338 g/mol. The fourth-order valence-electron chi connectivity index (χ4n) is 3.63. The maximum absolute atomic E-state index is 12.7. The van der Waals surface area contributed by atoms with Crippen LogP contribution >= 0.6 is 0 Å². The number of hydrogen-bond donors (Lipinski definition) is 2. The summed E-state index contributed by atoms with van der Waals surface area (Å²) in [5.74, 6) is 1.68. The molecule has 1 aromatic carbocycles. The third-order valence-electron chi connectivity index (χ3n) is 5.10. The molecule has 0 atom stereocenters. The summed E-state index contributed by atoms with van der Waals surface area (Å²) in [5.41, 5.74) is 2.24. The lowest BCUT2D eigenvalue weighted by molar-refractivity contribution is -0.121. The van der Waals surface area contributed by atoms with E-state index in [0.29, 0.717) is 12.8 Å². The molecule has 0 bridgehead atoms. The van der Waals surface area contributed by atoms with E-state index in [0.717, 1.165) is 41.7 Å². The molecule has 2 aliphatic rings. The first-order chi connectivity index (χ1) is 12.1. The predicted octanol–water partition coefficient (Wildman–Crippen LogP) is 2.80. The van der Waals surface area contributed by atoms with Gasteiger partial charge in [0.15, 0.2) is 11.6 Å². The number of hydrogen-bond acceptors (Lipinski definition) is 5. The van der Waals surface area contributed by atoms with Crippen molar-refractivity contribution in [2.75, 3.05) is 35.7 Å². The van der Waals surface area contributed by atoms with Crippen molar-refractivity contribution in [2.45, 2.75) is 25.3 Å². The Morgan fingerprint density at radius 2 is 1.84 bits per heavy atom. The van der Waals surface area contributed by atoms with E-state index in [1.165, 1.54) is 0 Å². The number of piperidine rings is 1. The summed E-state index contributed by atoms with van der Waals surface area (Å²) < 4.78 is 5.46. The van der Waals surface area contributed by atoms with Gasteiger partial charge in [-0.25, -0.2) is 4.98 Å². The van der Waals surface area contributed by atoms with Gasteiger partial charge in [-0.15, -0.1) is 0 Å². The van der Waals surface area contributed by atoms with Crippen LogP contribution in [0.3, 0.4) is 0 Å². The Morgan fingerprint density at radius 1 is 1.12 bits per heavy atom. The number of fused-ring (bicyclic) bond motifs is 1. The van der Waals surface area contributed by atoms with E-state index in [9.17, 15) is 4.79 Å². The molecule has 1 spiro atoms. The SMILES string of the molecule is COc1ccc(C)nc1N1CCC2(CC1)Nc1ccccc1NC2=O. The molecule has 0 unspecified atom stereocenters. The number of nitrogens with one attached hydrogen (secondary N) is 2. The third kappa shape index (κ3) is 2.67. The number of para-hydroxylation sites is 2. The zero-order chi connectivity index (χ0) is 17.4. The maximum atomic E-state index is 12.7. The molecule has 1 fully saturated rings. The molecule has 2 aromatic rings. The molecule has 1 aromatic heterocycles. The summed E-state index contributed by atoms with van der Waals surface area (Å²) in [6.07, 6.45) is 1.43. The monoisotopic (exact) mass is 338 g/mol. The second-order valence-corrected chi connectivity index (χ2v) is 6.67. The van der Waals surface area contributed by atoms with Crippen molar-refractivity contribution in [3.63, 3.8) is 0 Å². The highest BCUT2D eigenvalue weighted by Crippen LogP contribution is 2.38. The summed E-state index contributed by atoms with van der Waals surface area (Å²) in [4.78, 5) is 19.6. The molecular formula is C19H22N4O2. The van der Waals surface area contributed by atoms with Crippen LogP contribution in [0.5, 0.6) is 5.75 Å². The molecule has 6 nitrogen and oxygen atoms in total. The topological polar surface area (TPSA) is 66.5 Å². The molecule has 4 rings (SSSR count). The van der Waals surface area contributed by atoms with Gasteiger partial charge in [-0.2, -0.15) is 0 Å². The number of nitrogens with zero attached hydrogens (tertiary/aromatic N) is 2. The standard InChI is InChI=1S/C19H22N4O2/c1-13-7-8-16(25-2)17(20-13)23-11-9-19(10-12-23)18(24)21-14-5-3-4-6-15(14)22-19/h3-8,22H,9-12H2,1-2H3,(H,21,24). The molecule has 0 aliphatic carbocycles. The van der Waals surface area contributed by atoms with Crippen LogP contribution in [0.2, 0.25) is 0 Å². The fraction of sp³-hybridized carbons (Fsp3) is 0.368. The number of amides is 1. The molecule has 0 saturated carbocycles. The molecule has 130 valence electrons. The number of aryl methyl sites for hydroxylation is 1. The maximum Gasteiger partial charge on any atom is 0.250 e. The first-order valence-corrected chi connectivity index (χ1v) is 8.56. The lowest BCUT2D eigenvalue weighted by atomic mass is 9.84. The van der Waals surface area contributed by atoms with Crippen LogP contribution in [0, 0.1) is 6.92 Å². The summed E-state index contributed by atoms with van der Waals surface area (Å²) in [6.45, 7) is 3.46. The van der Waals surface area contributed by atoms with Crippen LogP contribution in [0.1, 0.15) is 18.5 Å². The summed E-state index contributed by atoms with van der Waals surface area (Å²) in [7, 11) is 1.66. The van der Waals surface area contributed by atoms with Crippen LogP contribution in [0.15, 0.2) is 36.4 Å². The normalized spacial score (nSPS) is 18.3. The van der Waals surface area contributed by atoms with E-state index >= 15 is 0 Å². The molecule has 1 amide bonds. The van der Waals surface area contributed by atoms with Crippen LogP contribution in [0.4, 0.5) is 17.2 Å². The highest BCUT2D eigenvalue weighted by Gasteiger charge is 2.44. The molecule has 2 aliphatic heterocycles. The number of carbonyl (C=O) groups excluding carboxylic acids is 1. The molecule has 2 N–H and O–H groups in total. The van der Waals surface area contributed by atoms with Crippen molar-refractivity contribution in [1.82, 2.24) is 4.98 Å². The van der Waals surface area contributed by atoms with E-state index in [1.807, 2.05) is 43.3 Å². The largest absolute Gasteiger partial charge is 0.493 e. The van der Waals surface area contributed by atoms with E-state index < -0.39 is 5.54 Å². The van der Waals surface area contributed by atoms with Gasteiger partial charge in [0.05, 0.1) is 18.5 Å². The molecule has 0 radical (unpaired) electrons. The number of pyridine rings is 1. The van der Waals surface area contributed by atoms with Gasteiger partial charge in [-0.05, 0) is 44.0 Å². The highest BCUT2D eigenvalue weighted by atomic mass is 16.5. The molecule has 25 heavy (non-hydrogen) atoms. The molecule has 3 heterocycles. The third-order valence-corrected chi connectivity index (χ3v) is 5.10. The van der Waals surface area contributed by atoms with Crippen LogP contribution in [-0.4, -0.2) is 36.6 Å². The predicted molar refractivity (Wildman–Crippen MR) is 98.4 cm³/mol. The second kappa shape index (κ2) is 5.95. The minimum absolute atomic E-state index is 0.0509. The number of ether oxygens (including phenoxy) is 1. The molecule has 6 heteroatoms. The smallest absolute Gasteiger partial charge is 0.250 e. The number of methoxy groups -OCH3 is 1. The number of benzene rings is 1. The van der Waals surface area contributed by atoms with Crippen molar-refractivity contribution in [3.8, 4) is 5.75 Å². The first kappa shape index (κ1) is 15.7. The lowest BCUT2D eigenvalue weighted by Gasteiger charge is -2.44. The average Bonchev–Trinajstić information content (AvgIpc) is 2.63. The zero-order valence-corrected chi connectivity index (χ0v) is 14.5. The minimum Gasteiger partial charge on any atom is -0.493 e. The first-order valence-electron chi connectivity index (χ1n) is 8.56. The number of carbonyl (C=O) groups is 1. The van der Waals surface area contributed by atoms with Crippen LogP contribution < -0.4 is 20.3 Å². The van der Waals surface area contributed by atoms with E-state index in [2.05, 4.69) is 20.5 Å². The van der Waals surface area contributed by atoms with E-state index in [4.69, 9.17) is 4.74 Å². The second-order valence-electron chi connectivity index (χ2n) is 6.67. The minimum atomic E-state index is -0.554. The van der Waals surface area contributed by atoms with Gasteiger partial charge >= 0.3 is 0 Å². The Balaban J connectivity index is 1.56. The Morgan fingerprint density at radius 3 is 2.56 bits per heavy atom. The summed E-state index contributed by atoms with van der Waals surface area (Å²) >= 11 is 0. The van der Waals surface area contributed by atoms with Crippen molar-refractivity contribution >= 4 is 23.1 Å². The van der Waals surface area contributed by atoms with Crippen molar-refractivity contribution in [2.24, 2.45) is 0 Å². The molecular weight excluding hydrogens is 316 g/mol. The van der Waals surface area contributed by atoms with Crippen molar-refractivity contribution in [1.29, 1.82) is 0 Å². The number of aromatic nitrogens is 1. The van der Waals surface area contributed by atoms with Gasteiger partial charge in [0.25, 0.3) is 0 Å². The van der Waals surface area contributed by atoms with Gasteiger partial charge in [0.1, 0.15) is 5.54 Å². The fourth-order valence-corrected chi connectivity index (χ4v) is 3.63. The van der Waals surface area contributed by atoms with Gasteiger partial charge in [-0.1, -0.05) is 12.1 Å². The lowest BCUT2D eigenvalue weighted by Crippen LogP contribution is -2.58. The Bertz CT molecular complexity index is 813. The van der Waals surface area contributed by atoms with Gasteiger partial charge in [-0.3, -0.25) is 4.79 Å². The van der Waals surface area contributed by atoms with E-state index in [-0.39, 0.29) is 5.91 Å². The van der Waals surface area contributed by atoms with Gasteiger partial charge in [0.2, 0.25) is 5.91 Å².